The van der Waals surface area contributed by atoms with Gasteiger partial charge in [0.2, 0.25) is 5.91 Å². The van der Waals surface area contributed by atoms with Gasteiger partial charge in [-0.15, -0.1) is 0 Å². The predicted octanol–water partition coefficient (Wildman–Crippen LogP) is 5.49. The van der Waals surface area contributed by atoms with E-state index in [4.69, 9.17) is 14.2 Å². The van der Waals surface area contributed by atoms with Crippen molar-refractivity contribution in [2.75, 3.05) is 21.3 Å². The molecule has 0 unspecified atom stereocenters. The van der Waals surface area contributed by atoms with E-state index in [9.17, 15) is 4.79 Å². The van der Waals surface area contributed by atoms with Gasteiger partial charge in [0.05, 0.1) is 33.4 Å². The Morgan fingerprint density at radius 2 is 1.54 bits per heavy atom. The van der Waals surface area contributed by atoms with Gasteiger partial charge in [-0.3, -0.25) is 4.79 Å². The van der Waals surface area contributed by atoms with Crippen molar-refractivity contribution in [3.05, 3.63) is 41.5 Å². The van der Waals surface area contributed by atoms with E-state index in [0.29, 0.717) is 30.5 Å². The molecule has 35 heavy (non-hydrogen) atoms. The molecule has 1 saturated carbocycles. The number of nitrogens with zero attached hydrogens (tertiary/aromatic N) is 1. The summed E-state index contributed by atoms with van der Waals surface area (Å²) in [4.78, 5) is 15.1. The third kappa shape index (κ3) is 3.61. The van der Waals surface area contributed by atoms with Crippen LogP contribution in [0.2, 0.25) is 0 Å². The first kappa shape index (κ1) is 22.5. The monoisotopic (exact) mass is 474 g/mol. The van der Waals surface area contributed by atoms with Crippen LogP contribution in [-0.4, -0.2) is 44.2 Å². The Labute approximate surface area is 206 Å². The van der Waals surface area contributed by atoms with E-state index >= 15 is 0 Å². The summed E-state index contributed by atoms with van der Waals surface area (Å²) in [6.07, 6.45) is 7.82. The second-order valence-electron chi connectivity index (χ2n) is 10.2. The van der Waals surface area contributed by atoms with Crippen molar-refractivity contribution in [3.8, 4) is 17.2 Å². The summed E-state index contributed by atoms with van der Waals surface area (Å²) in [5.41, 5.74) is 2.56. The lowest BCUT2D eigenvalue weighted by Crippen LogP contribution is -2.49. The average Bonchev–Trinajstić information content (AvgIpc) is 3.28. The number of carbonyl (C=O) groups excluding carboxylic acids is 1. The summed E-state index contributed by atoms with van der Waals surface area (Å²) < 4.78 is 17.0. The summed E-state index contributed by atoms with van der Waals surface area (Å²) in [7, 11) is 5.05. The highest BCUT2D eigenvalue weighted by molar-refractivity contribution is 6.12. The first-order valence-corrected chi connectivity index (χ1v) is 12.9. The van der Waals surface area contributed by atoms with E-state index in [-0.39, 0.29) is 18.0 Å². The summed E-state index contributed by atoms with van der Waals surface area (Å²) in [6, 6.07) is 11.3. The number of benzene rings is 3. The minimum absolute atomic E-state index is 0.113. The molecule has 2 fully saturated rings. The molecule has 2 heterocycles. The highest BCUT2D eigenvalue weighted by atomic mass is 16.5. The molecule has 1 saturated heterocycles. The lowest BCUT2D eigenvalue weighted by Gasteiger charge is -2.42. The fourth-order valence-corrected chi connectivity index (χ4v) is 6.68. The van der Waals surface area contributed by atoms with E-state index in [2.05, 4.69) is 40.5 Å². The molecule has 184 valence electrons. The van der Waals surface area contributed by atoms with Crippen molar-refractivity contribution in [1.82, 2.24) is 10.2 Å². The number of carbonyl (C=O) groups is 1. The minimum Gasteiger partial charge on any atom is -0.497 e. The molecule has 2 atom stereocenters. The molecule has 0 radical (unpaired) electrons. The molecule has 3 aliphatic rings. The van der Waals surface area contributed by atoms with Crippen LogP contribution in [0.1, 0.15) is 62.1 Å². The molecule has 0 bridgehead atoms. The molecule has 0 aromatic heterocycles. The van der Waals surface area contributed by atoms with Crippen LogP contribution in [-0.2, 0) is 11.3 Å². The lowest BCUT2D eigenvalue weighted by molar-refractivity contribution is -0.130. The van der Waals surface area contributed by atoms with Crippen LogP contribution in [0.5, 0.6) is 17.2 Å². The van der Waals surface area contributed by atoms with Gasteiger partial charge in [0.15, 0.2) is 11.5 Å². The molecule has 6 heteroatoms. The third-order valence-corrected chi connectivity index (χ3v) is 8.40. The number of fused-ring (bicyclic) bond motifs is 7. The van der Waals surface area contributed by atoms with E-state index in [1.165, 1.54) is 48.6 Å². The standard InChI is InChI=1S/C29H34N2O4/c1-33-18-9-10-19-20(13-18)21-14-25(34-2)26(35-3)15-22(21)23-16-31-24(11-12-27(31)32)29(28(19)23)30-17-7-5-4-6-8-17/h9-10,13-15,17,24,29-30H,4-8,11-12,16H2,1-3H3/t24-,29-/m0/s1. The molecule has 1 aliphatic carbocycles. The summed E-state index contributed by atoms with van der Waals surface area (Å²) in [5.74, 6) is 2.50. The van der Waals surface area contributed by atoms with Gasteiger partial charge < -0.3 is 24.4 Å². The van der Waals surface area contributed by atoms with Crippen LogP contribution in [0.25, 0.3) is 21.5 Å². The third-order valence-electron chi connectivity index (χ3n) is 8.40. The normalized spacial score (nSPS) is 22.4. The van der Waals surface area contributed by atoms with Crippen molar-refractivity contribution in [3.63, 3.8) is 0 Å². The number of nitrogens with one attached hydrogen (secondary N) is 1. The van der Waals surface area contributed by atoms with Crippen molar-refractivity contribution < 1.29 is 19.0 Å². The first-order chi connectivity index (χ1) is 17.1. The SMILES string of the molecule is COc1ccc2c3c(c4cc(OC)c(OC)cc4c2c1)CN1C(=O)CC[C@H]1[C@@H]3NC1CCCCC1. The number of hydrogen-bond donors (Lipinski definition) is 1. The zero-order valence-corrected chi connectivity index (χ0v) is 20.9. The molecule has 3 aromatic rings. The molecule has 6 rings (SSSR count). The topological polar surface area (TPSA) is 60.0 Å². The zero-order chi connectivity index (χ0) is 24.1. The van der Waals surface area contributed by atoms with E-state index < -0.39 is 0 Å². The van der Waals surface area contributed by atoms with Gasteiger partial charge in [-0.2, -0.15) is 0 Å². The fraction of sp³-hybridized carbons (Fsp3) is 0.483. The highest BCUT2D eigenvalue weighted by Crippen LogP contribution is 2.48. The fourth-order valence-electron chi connectivity index (χ4n) is 6.68. The molecule has 6 nitrogen and oxygen atoms in total. The molecule has 3 aromatic carbocycles. The van der Waals surface area contributed by atoms with Crippen molar-refractivity contribution in [2.24, 2.45) is 0 Å². The molecule has 1 N–H and O–H groups in total. The molecule has 1 amide bonds. The van der Waals surface area contributed by atoms with E-state index in [1.807, 2.05) is 0 Å². The average molecular weight is 475 g/mol. The maximum absolute atomic E-state index is 13.0. The Balaban J connectivity index is 1.64. The number of hydrogen-bond acceptors (Lipinski definition) is 5. The largest absolute Gasteiger partial charge is 0.497 e. The predicted molar refractivity (Wildman–Crippen MR) is 137 cm³/mol. The van der Waals surface area contributed by atoms with Gasteiger partial charge in [0.25, 0.3) is 0 Å². The van der Waals surface area contributed by atoms with Gasteiger partial charge in [0, 0.05) is 19.0 Å². The number of rotatable bonds is 5. The van der Waals surface area contributed by atoms with Crippen LogP contribution in [0, 0.1) is 0 Å². The zero-order valence-electron chi connectivity index (χ0n) is 20.9. The first-order valence-electron chi connectivity index (χ1n) is 12.9. The number of methoxy groups -OCH3 is 3. The Hall–Kier alpha value is -2.99. The van der Waals surface area contributed by atoms with Gasteiger partial charge in [-0.25, -0.2) is 0 Å². The second kappa shape index (κ2) is 8.90. The lowest BCUT2D eigenvalue weighted by atomic mass is 9.81. The summed E-state index contributed by atoms with van der Waals surface area (Å²) in [5, 5.41) is 8.65. The van der Waals surface area contributed by atoms with E-state index in [0.717, 1.165) is 28.3 Å². The van der Waals surface area contributed by atoms with Crippen LogP contribution >= 0.6 is 0 Å². The van der Waals surface area contributed by atoms with Crippen molar-refractivity contribution in [2.45, 2.75) is 69.6 Å². The van der Waals surface area contributed by atoms with Crippen molar-refractivity contribution in [1.29, 1.82) is 0 Å². The number of ether oxygens (including phenoxy) is 3. The van der Waals surface area contributed by atoms with Crippen LogP contribution < -0.4 is 19.5 Å². The summed E-state index contributed by atoms with van der Waals surface area (Å²) >= 11 is 0. The Kier molecular flexibility index (Phi) is 5.72. The Morgan fingerprint density at radius 3 is 2.26 bits per heavy atom. The summed E-state index contributed by atoms with van der Waals surface area (Å²) in [6.45, 7) is 0.635. The van der Waals surface area contributed by atoms with Gasteiger partial charge in [-0.05, 0) is 76.2 Å². The highest BCUT2D eigenvalue weighted by Gasteiger charge is 2.44. The smallest absolute Gasteiger partial charge is 0.223 e. The van der Waals surface area contributed by atoms with Crippen LogP contribution in [0.15, 0.2) is 30.3 Å². The van der Waals surface area contributed by atoms with Crippen molar-refractivity contribution >= 4 is 27.5 Å². The van der Waals surface area contributed by atoms with Gasteiger partial charge >= 0.3 is 0 Å². The Morgan fingerprint density at radius 1 is 0.829 bits per heavy atom. The van der Waals surface area contributed by atoms with Crippen LogP contribution in [0.4, 0.5) is 0 Å². The molecular weight excluding hydrogens is 440 g/mol. The van der Waals surface area contributed by atoms with E-state index in [1.54, 1.807) is 21.3 Å². The minimum atomic E-state index is 0.113. The number of amides is 1. The Bertz CT molecular complexity index is 1300. The quantitative estimate of drug-likeness (QED) is 0.496. The maximum atomic E-state index is 13.0. The molecule has 2 aliphatic heterocycles. The van der Waals surface area contributed by atoms with Gasteiger partial charge in [-0.1, -0.05) is 25.3 Å². The molecular formula is C29H34N2O4. The van der Waals surface area contributed by atoms with Gasteiger partial charge in [0.1, 0.15) is 5.75 Å². The van der Waals surface area contributed by atoms with Crippen LogP contribution in [0.3, 0.4) is 0 Å². The molecule has 0 spiro atoms. The second-order valence-corrected chi connectivity index (χ2v) is 10.2. The maximum Gasteiger partial charge on any atom is 0.223 e.